The number of carbonyl (C=O) groups is 2. The topological polar surface area (TPSA) is 136 Å². The maximum atomic E-state index is 12.6. The molecular formula is C20H32NO7S-. The van der Waals surface area contributed by atoms with Gasteiger partial charge in [0.1, 0.15) is 16.2 Å². The fraction of sp³-hybridized carbons (Fsp3) is 0.900. The largest absolute Gasteiger partial charge is 0.747 e. The maximum Gasteiger partial charge on any atom is 0.324 e. The van der Waals surface area contributed by atoms with Crippen LogP contribution in [0.4, 0.5) is 0 Å². The van der Waals surface area contributed by atoms with Crippen molar-refractivity contribution in [3.63, 3.8) is 0 Å². The van der Waals surface area contributed by atoms with Crippen LogP contribution >= 0.6 is 0 Å². The fourth-order valence-electron chi connectivity index (χ4n) is 5.77. The lowest BCUT2D eigenvalue weighted by Crippen LogP contribution is -2.62. The molecule has 0 aromatic rings. The first kappa shape index (κ1) is 22.5. The highest BCUT2D eigenvalue weighted by Gasteiger charge is 2.55. The van der Waals surface area contributed by atoms with Crippen molar-refractivity contribution in [2.24, 2.45) is 29.4 Å². The summed E-state index contributed by atoms with van der Waals surface area (Å²) in [5.41, 5.74) is 6.22. The van der Waals surface area contributed by atoms with Crippen LogP contribution in [0.2, 0.25) is 0 Å². The molecular weight excluding hydrogens is 398 g/mol. The van der Waals surface area contributed by atoms with E-state index in [1.165, 1.54) is 0 Å². The minimum Gasteiger partial charge on any atom is -0.747 e. The van der Waals surface area contributed by atoms with Gasteiger partial charge in [-0.15, -0.1) is 0 Å². The summed E-state index contributed by atoms with van der Waals surface area (Å²) in [6.07, 6.45) is 4.81. The average molecular weight is 431 g/mol. The molecule has 4 atom stereocenters. The zero-order valence-corrected chi connectivity index (χ0v) is 18.0. The Bertz CT molecular complexity index is 721. The Kier molecular flexibility index (Phi) is 6.60. The Hall–Kier alpha value is -1.19. The fourth-order valence-corrected chi connectivity index (χ4v) is 6.40. The quantitative estimate of drug-likeness (QED) is 0.431. The van der Waals surface area contributed by atoms with Crippen LogP contribution in [0, 0.1) is 23.7 Å². The van der Waals surface area contributed by atoms with Gasteiger partial charge in [-0.3, -0.25) is 9.59 Å². The molecule has 9 heteroatoms. The van der Waals surface area contributed by atoms with E-state index in [1.807, 2.05) is 13.8 Å². The first-order valence-electron chi connectivity index (χ1n) is 10.6. The zero-order chi connectivity index (χ0) is 21.4. The number of carbonyl (C=O) groups excluding carboxylic acids is 2. The molecule has 0 saturated heterocycles. The zero-order valence-electron chi connectivity index (χ0n) is 17.2. The lowest BCUT2D eigenvalue weighted by atomic mass is 9.52. The summed E-state index contributed by atoms with van der Waals surface area (Å²) in [4.78, 5) is 24.6. The SMILES string of the molecule is CCCC(C)COC(=O)CC(C(=O)OC1C2CC3CC1CC(N)(C3)C2)S(=O)(=O)[O-]. The molecule has 4 rings (SSSR count). The minimum absolute atomic E-state index is 0.0899. The summed E-state index contributed by atoms with van der Waals surface area (Å²) in [5, 5.41) is -2.07. The normalized spacial score (nSPS) is 35.2. The van der Waals surface area contributed by atoms with E-state index in [4.69, 9.17) is 15.2 Å². The molecule has 0 amide bonds. The Morgan fingerprint density at radius 1 is 1.21 bits per heavy atom. The van der Waals surface area contributed by atoms with E-state index in [1.54, 1.807) is 0 Å². The van der Waals surface area contributed by atoms with E-state index in [-0.39, 0.29) is 29.9 Å². The van der Waals surface area contributed by atoms with Crippen LogP contribution in [0.15, 0.2) is 0 Å². The van der Waals surface area contributed by atoms with Crippen LogP contribution in [0.1, 0.15) is 65.2 Å². The first-order valence-corrected chi connectivity index (χ1v) is 12.1. The monoisotopic (exact) mass is 430 g/mol. The lowest BCUT2D eigenvalue weighted by Gasteiger charge is -2.58. The molecule has 4 saturated carbocycles. The Labute approximate surface area is 172 Å². The molecule has 4 aliphatic rings. The molecule has 0 radical (unpaired) electrons. The number of hydrogen-bond acceptors (Lipinski definition) is 8. The molecule has 4 unspecified atom stereocenters. The van der Waals surface area contributed by atoms with Gasteiger partial charge in [0.25, 0.3) is 0 Å². The van der Waals surface area contributed by atoms with Crippen LogP contribution in [0.25, 0.3) is 0 Å². The predicted octanol–water partition coefficient (Wildman–Crippen LogP) is 1.72. The van der Waals surface area contributed by atoms with Gasteiger partial charge in [0.15, 0.2) is 5.25 Å². The summed E-state index contributed by atoms with van der Waals surface area (Å²) >= 11 is 0. The van der Waals surface area contributed by atoms with E-state index in [0.717, 1.165) is 44.9 Å². The molecule has 0 aromatic heterocycles. The van der Waals surface area contributed by atoms with E-state index in [9.17, 15) is 22.6 Å². The van der Waals surface area contributed by atoms with Crippen molar-refractivity contribution in [2.45, 2.75) is 82.1 Å². The summed E-state index contributed by atoms with van der Waals surface area (Å²) in [7, 11) is -5.05. The van der Waals surface area contributed by atoms with Crippen molar-refractivity contribution >= 4 is 22.1 Å². The second kappa shape index (κ2) is 8.51. The van der Waals surface area contributed by atoms with Gasteiger partial charge in [-0.25, -0.2) is 8.42 Å². The number of esters is 2. The molecule has 0 heterocycles. The Morgan fingerprint density at radius 3 is 2.34 bits per heavy atom. The molecule has 4 aliphatic carbocycles. The second-order valence-electron chi connectivity index (χ2n) is 9.50. The van der Waals surface area contributed by atoms with E-state index >= 15 is 0 Å². The molecule has 4 fully saturated rings. The third-order valence-corrected chi connectivity index (χ3v) is 7.82. The molecule has 0 spiro atoms. The standard InChI is InChI=1S/C20H33NO7S/c1-3-4-12(2)11-27-17(22)7-16(29(24,25)26)19(23)28-18-14-5-13-6-15(18)10-20(21,8-13)9-14/h12-16,18H,3-11,21H2,1-2H3,(H,24,25,26)/p-1. The molecule has 4 bridgehead atoms. The predicted molar refractivity (Wildman–Crippen MR) is 103 cm³/mol. The number of ether oxygens (including phenoxy) is 2. The van der Waals surface area contributed by atoms with Crippen LogP contribution < -0.4 is 5.73 Å². The Balaban J connectivity index is 1.61. The maximum absolute atomic E-state index is 12.6. The third kappa shape index (κ3) is 5.30. The van der Waals surface area contributed by atoms with Gasteiger partial charge in [0.05, 0.1) is 13.0 Å². The van der Waals surface area contributed by atoms with Gasteiger partial charge in [-0.1, -0.05) is 20.3 Å². The van der Waals surface area contributed by atoms with E-state index in [0.29, 0.717) is 5.92 Å². The average Bonchev–Trinajstić information content (AvgIpc) is 2.58. The molecule has 0 aromatic carbocycles. The highest BCUT2D eigenvalue weighted by Crippen LogP contribution is 2.55. The molecule has 2 N–H and O–H groups in total. The van der Waals surface area contributed by atoms with Gasteiger partial charge in [-0.05, 0) is 62.2 Å². The highest BCUT2D eigenvalue weighted by molar-refractivity contribution is 7.87. The molecule has 8 nitrogen and oxygen atoms in total. The van der Waals surface area contributed by atoms with Gasteiger partial charge < -0.3 is 19.8 Å². The lowest BCUT2D eigenvalue weighted by molar-refractivity contribution is -0.173. The van der Waals surface area contributed by atoms with Crippen molar-refractivity contribution < 1.29 is 32.0 Å². The molecule has 29 heavy (non-hydrogen) atoms. The van der Waals surface area contributed by atoms with E-state index < -0.39 is 39.8 Å². The van der Waals surface area contributed by atoms with Crippen LogP contribution in [-0.4, -0.2) is 48.4 Å². The van der Waals surface area contributed by atoms with Gasteiger partial charge in [-0.2, -0.15) is 0 Å². The van der Waals surface area contributed by atoms with Crippen molar-refractivity contribution in [1.29, 1.82) is 0 Å². The van der Waals surface area contributed by atoms with Crippen molar-refractivity contribution in [1.82, 2.24) is 0 Å². The van der Waals surface area contributed by atoms with Crippen LogP contribution in [-0.2, 0) is 29.2 Å². The van der Waals surface area contributed by atoms with Crippen LogP contribution in [0.3, 0.4) is 0 Å². The second-order valence-corrected chi connectivity index (χ2v) is 11.1. The van der Waals surface area contributed by atoms with Gasteiger partial charge in [0.2, 0.25) is 0 Å². The number of rotatable bonds is 9. The Morgan fingerprint density at radius 2 is 1.83 bits per heavy atom. The van der Waals surface area contributed by atoms with Crippen molar-refractivity contribution in [3.05, 3.63) is 0 Å². The summed E-state index contributed by atoms with van der Waals surface area (Å²) in [5.74, 6) is -1.19. The third-order valence-electron chi connectivity index (χ3n) is 6.76. The van der Waals surface area contributed by atoms with Gasteiger partial charge >= 0.3 is 11.9 Å². The highest BCUT2D eigenvalue weighted by atomic mass is 32.2. The summed E-state index contributed by atoms with van der Waals surface area (Å²) in [6, 6.07) is 0. The smallest absolute Gasteiger partial charge is 0.324 e. The van der Waals surface area contributed by atoms with Crippen LogP contribution in [0.5, 0.6) is 0 Å². The first-order chi connectivity index (χ1) is 13.5. The molecule has 0 aliphatic heterocycles. The minimum atomic E-state index is -5.05. The summed E-state index contributed by atoms with van der Waals surface area (Å²) < 4.78 is 45.6. The van der Waals surface area contributed by atoms with Crippen molar-refractivity contribution in [3.8, 4) is 0 Å². The van der Waals surface area contributed by atoms with Crippen molar-refractivity contribution in [2.75, 3.05) is 6.61 Å². The number of hydrogen-bond donors (Lipinski definition) is 1. The summed E-state index contributed by atoms with van der Waals surface area (Å²) in [6.45, 7) is 4.04. The number of nitrogens with two attached hydrogens (primary N) is 1. The van der Waals surface area contributed by atoms with E-state index in [2.05, 4.69) is 0 Å². The molecule has 166 valence electrons. The van der Waals surface area contributed by atoms with Gasteiger partial charge in [0, 0.05) is 5.54 Å².